The Balaban J connectivity index is 2.18. The van der Waals surface area contributed by atoms with Crippen LogP contribution in [-0.4, -0.2) is 107 Å². The van der Waals surface area contributed by atoms with Crippen molar-refractivity contribution < 1.29 is 61.7 Å². The largest absolute Gasteiger partial charge is 0.478 e. The second-order valence-corrected chi connectivity index (χ2v) is 7.13. The quantitative estimate of drug-likeness (QED) is 0.189. The molecule has 2 rings (SSSR count). The van der Waals surface area contributed by atoms with Gasteiger partial charge in [-0.05, 0) is 6.08 Å². The van der Waals surface area contributed by atoms with Crippen LogP contribution in [0.2, 0.25) is 0 Å². The fourth-order valence-corrected chi connectivity index (χ4v) is 3.29. The Morgan fingerprint density at radius 1 is 1.21 bits per heavy atom. The highest BCUT2D eigenvalue weighted by Crippen LogP contribution is 2.26. The zero-order chi connectivity index (χ0) is 21.2. The molecule has 0 aromatic carbocycles. The Hall–Kier alpha value is -1.40. The van der Waals surface area contributed by atoms with E-state index in [1.165, 1.54) is 0 Å². The summed E-state index contributed by atoms with van der Waals surface area (Å²) in [6.45, 7) is -1.36. The highest BCUT2D eigenvalue weighted by Gasteiger charge is 2.45. The zero-order valence-electron chi connectivity index (χ0n) is 14.1. The van der Waals surface area contributed by atoms with Gasteiger partial charge in [-0.1, -0.05) is 0 Å². The molecule has 8 atom stereocenters. The summed E-state index contributed by atoms with van der Waals surface area (Å²) in [6.07, 6.45) is -10.2. The SMILES string of the molecule is N[C@H]1C(O)O[C@H](CO)[C@H](O)[C@@H]1OC[C@@H]1OC(C(=O)O)=C[C@H](O)[C@H]1OS(=O)(=O)O. The van der Waals surface area contributed by atoms with Crippen LogP contribution in [0, 0.1) is 0 Å². The Labute approximate surface area is 158 Å². The third-order valence-corrected chi connectivity index (χ3v) is 4.59. The summed E-state index contributed by atoms with van der Waals surface area (Å²) in [5, 5.41) is 48.0. The van der Waals surface area contributed by atoms with Crippen LogP contribution < -0.4 is 5.73 Å². The lowest BCUT2D eigenvalue weighted by Crippen LogP contribution is -2.63. The molecule has 1 unspecified atom stereocenters. The van der Waals surface area contributed by atoms with Crippen LogP contribution in [-0.2, 0) is 33.6 Å². The van der Waals surface area contributed by atoms with Gasteiger partial charge in [0.2, 0.25) is 5.76 Å². The number of carboxylic acid groups (broad SMARTS) is 1. The fourth-order valence-electron chi connectivity index (χ4n) is 2.77. The summed E-state index contributed by atoms with van der Waals surface area (Å²) in [7, 11) is -5.05. The molecule has 0 aromatic rings. The van der Waals surface area contributed by atoms with Gasteiger partial charge >= 0.3 is 16.4 Å². The molecule has 8 N–H and O–H groups in total. The number of hydrogen-bond donors (Lipinski definition) is 7. The standard InChI is InChI=1S/C13H21NO13S/c14-8-11(9(17)6(2-15)26-13(8)20)24-3-7-10(27-28(21,22)23)4(16)1-5(25-7)12(18)19/h1,4,6-11,13,15-17,20H,2-3,14H2,(H,18,19)(H,21,22,23)/t4-,6+,7-,8+,9-,10+,11+,13?/m0/s1. The third-order valence-electron chi connectivity index (χ3n) is 4.12. The van der Waals surface area contributed by atoms with Crippen molar-refractivity contribution in [2.45, 2.75) is 49.0 Å². The molecule has 2 aliphatic rings. The first-order valence-corrected chi connectivity index (χ1v) is 9.26. The maximum Gasteiger partial charge on any atom is 0.397 e. The minimum atomic E-state index is -5.05. The number of hydrogen-bond acceptors (Lipinski definition) is 12. The van der Waals surface area contributed by atoms with Crippen LogP contribution in [0.5, 0.6) is 0 Å². The Morgan fingerprint density at radius 2 is 1.86 bits per heavy atom. The third kappa shape index (κ3) is 5.35. The van der Waals surface area contributed by atoms with Crippen molar-refractivity contribution in [3.63, 3.8) is 0 Å². The van der Waals surface area contributed by atoms with Crippen molar-refractivity contribution in [1.29, 1.82) is 0 Å². The molecule has 14 nitrogen and oxygen atoms in total. The minimum absolute atomic E-state index is 0.662. The second-order valence-electron chi connectivity index (χ2n) is 6.09. The molecule has 28 heavy (non-hydrogen) atoms. The molecule has 0 bridgehead atoms. The number of rotatable bonds is 7. The first-order valence-electron chi connectivity index (χ1n) is 7.89. The smallest absolute Gasteiger partial charge is 0.397 e. The van der Waals surface area contributed by atoms with E-state index in [9.17, 15) is 28.5 Å². The van der Waals surface area contributed by atoms with Crippen molar-refractivity contribution in [2.75, 3.05) is 13.2 Å². The minimum Gasteiger partial charge on any atom is -0.478 e. The normalized spacial score (nSPS) is 39.1. The average molecular weight is 431 g/mol. The molecule has 15 heteroatoms. The lowest BCUT2D eigenvalue weighted by atomic mass is 9.97. The molecule has 2 aliphatic heterocycles. The van der Waals surface area contributed by atoms with Gasteiger partial charge in [0.15, 0.2) is 12.4 Å². The van der Waals surface area contributed by atoms with E-state index in [-0.39, 0.29) is 0 Å². The van der Waals surface area contributed by atoms with Gasteiger partial charge in [0, 0.05) is 0 Å². The van der Waals surface area contributed by atoms with Crippen LogP contribution in [0.1, 0.15) is 0 Å². The van der Waals surface area contributed by atoms with E-state index in [0.717, 1.165) is 0 Å². The summed E-state index contributed by atoms with van der Waals surface area (Å²) < 4.78 is 50.4. The summed E-state index contributed by atoms with van der Waals surface area (Å²) in [6, 6.07) is -1.29. The Kier molecular flexibility index (Phi) is 7.32. The van der Waals surface area contributed by atoms with E-state index in [1.54, 1.807) is 0 Å². The summed E-state index contributed by atoms with van der Waals surface area (Å²) >= 11 is 0. The van der Waals surface area contributed by atoms with Gasteiger partial charge in [-0.2, -0.15) is 8.42 Å². The molecule has 0 spiro atoms. The molecule has 162 valence electrons. The van der Waals surface area contributed by atoms with Gasteiger partial charge in [0.1, 0.15) is 30.5 Å². The zero-order valence-corrected chi connectivity index (χ0v) is 15.0. The number of nitrogens with two attached hydrogens (primary N) is 1. The number of carboxylic acids is 1. The van der Waals surface area contributed by atoms with Gasteiger partial charge in [-0.3, -0.25) is 4.55 Å². The van der Waals surface area contributed by atoms with Gasteiger partial charge in [0.05, 0.1) is 19.3 Å². The van der Waals surface area contributed by atoms with Crippen molar-refractivity contribution in [1.82, 2.24) is 0 Å². The van der Waals surface area contributed by atoms with Gasteiger partial charge in [-0.25, -0.2) is 8.98 Å². The summed E-state index contributed by atoms with van der Waals surface area (Å²) in [5.74, 6) is -2.31. The van der Waals surface area contributed by atoms with Crippen molar-refractivity contribution in [3.05, 3.63) is 11.8 Å². The van der Waals surface area contributed by atoms with Crippen LogP contribution in [0.25, 0.3) is 0 Å². The molecule has 0 amide bonds. The van der Waals surface area contributed by atoms with Crippen LogP contribution in [0.15, 0.2) is 11.8 Å². The molecule has 1 saturated heterocycles. The predicted octanol–water partition coefficient (Wildman–Crippen LogP) is -4.31. The second kappa shape index (κ2) is 8.95. The first kappa shape index (κ1) is 22.9. The van der Waals surface area contributed by atoms with Crippen LogP contribution in [0.4, 0.5) is 0 Å². The van der Waals surface area contributed by atoms with Gasteiger partial charge < -0.3 is 45.5 Å². The molecule has 2 heterocycles. The number of aliphatic hydroxyl groups is 4. The summed E-state index contributed by atoms with van der Waals surface area (Å²) in [4.78, 5) is 11.1. The van der Waals surface area contributed by atoms with Crippen molar-refractivity contribution >= 4 is 16.4 Å². The van der Waals surface area contributed by atoms with Crippen LogP contribution >= 0.6 is 0 Å². The first-order chi connectivity index (χ1) is 12.9. The highest BCUT2D eigenvalue weighted by atomic mass is 32.3. The van der Waals surface area contributed by atoms with E-state index >= 15 is 0 Å². The van der Waals surface area contributed by atoms with E-state index in [0.29, 0.717) is 6.08 Å². The molecule has 1 fully saturated rings. The van der Waals surface area contributed by atoms with Gasteiger partial charge in [-0.15, -0.1) is 0 Å². The Bertz CT molecular complexity index is 697. The Morgan fingerprint density at radius 3 is 2.39 bits per heavy atom. The van der Waals surface area contributed by atoms with E-state index in [2.05, 4.69) is 4.18 Å². The summed E-state index contributed by atoms with van der Waals surface area (Å²) in [5.41, 5.74) is 5.68. The topological polar surface area (TPSA) is 236 Å². The lowest BCUT2D eigenvalue weighted by molar-refractivity contribution is -0.261. The molecular formula is C13H21NO13S. The van der Waals surface area contributed by atoms with Crippen molar-refractivity contribution in [2.24, 2.45) is 5.73 Å². The number of aliphatic hydroxyl groups excluding tert-OH is 4. The van der Waals surface area contributed by atoms with Crippen molar-refractivity contribution in [3.8, 4) is 0 Å². The maximum absolute atomic E-state index is 11.1. The predicted molar refractivity (Wildman–Crippen MR) is 84.7 cm³/mol. The molecule has 0 saturated carbocycles. The molecule has 0 aliphatic carbocycles. The number of ether oxygens (including phenoxy) is 3. The molecule has 0 radical (unpaired) electrons. The monoisotopic (exact) mass is 431 g/mol. The maximum atomic E-state index is 11.1. The highest BCUT2D eigenvalue weighted by molar-refractivity contribution is 7.80. The van der Waals surface area contributed by atoms with E-state index in [1.807, 2.05) is 0 Å². The lowest BCUT2D eigenvalue weighted by Gasteiger charge is -2.41. The average Bonchev–Trinajstić information content (AvgIpc) is 2.59. The molecular weight excluding hydrogens is 410 g/mol. The number of carbonyl (C=O) groups is 1. The van der Waals surface area contributed by atoms with Crippen LogP contribution in [0.3, 0.4) is 0 Å². The van der Waals surface area contributed by atoms with Gasteiger partial charge in [0.25, 0.3) is 0 Å². The number of aliphatic carboxylic acids is 1. The fraction of sp³-hybridized carbons (Fsp3) is 0.769. The molecule has 0 aromatic heterocycles. The van der Waals surface area contributed by atoms with E-state index in [4.69, 9.17) is 34.7 Å². The van der Waals surface area contributed by atoms with E-state index < -0.39 is 84.3 Å².